The van der Waals surface area contributed by atoms with E-state index in [0.29, 0.717) is 0 Å². The van der Waals surface area contributed by atoms with E-state index in [9.17, 15) is 0 Å². The standard InChI is InChI=1S/C10H12N2S2/c1-7-5-13-6-9(7)10-12-4-8(14-10)3-11-2/h4-6,11H,3H2,1-2H3. The molecule has 2 rings (SSSR count). The molecule has 0 saturated carbocycles. The maximum absolute atomic E-state index is 4.42. The Labute approximate surface area is 91.6 Å². The van der Waals surface area contributed by atoms with Crippen LogP contribution in [-0.4, -0.2) is 12.0 Å². The van der Waals surface area contributed by atoms with E-state index in [1.807, 2.05) is 13.2 Å². The van der Waals surface area contributed by atoms with Crippen molar-refractivity contribution in [3.63, 3.8) is 0 Å². The average Bonchev–Trinajstić information content (AvgIpc) is 2.74. The summed E-state index contributed by atoms with van der Waals surface area (Å²) in [6, 6.07) is 0. The van der Waals surface area contributed by atoms with Gasteiger partial charge < -0.3 is 5.32 Å². The van der Waals surface area contributed by atoms with E-state index < -0.39 is 0 Å². The molecule has 0 aliphatic carbocycles. The molecule has 0 fully saturated rings. The topological polar surface area (TPSA) is 24.9 Å². The molecule has 0 aliphatic rings. The molecule has 0 bridgehead atoms. The van der Waals surface area contributed by atoms with Crippen molar-refractivity contribution in [1.29, 1.82) is 0 Å². The van der Waals surface area contributed by atoms with Gasteiger partial charge in [-0.1, -0.05) is 0 Å². The summed E-state index contributed by atoms with van der Waals surface area (Å²) in [6.45, 7) is 3.03. The number of thiazole rings is 1. The van der Waals surface area contributed by atoms with Gasteiger partial charge in [-0.2, -0.15) is 11.3 Å². The monoisotopic (exact) mass is 224 g/mol. The lowest BCUT2D eigenvalue weighted by atomic mass is 10.2. The van der Waals surface area contributed by atoms with Crippen LogP contribution in [0, 0.1) is 6.92 Å². The van der Waals surface area contributed by atoms with E-state index in [4.69, 9.17) is 0 Å². The first kappa shape index (κ1) is 9.83. The minimum atomic E-state index is 0.904. The number of rotatable bonds is 3. The summed E-state index contributed by atoms with van der Waals surface area (Å²) in [4.78, 5) is 5.71. The summed E-state index contributed by atoms with van der Waals surface area (Å²) in [5, 5.41) is 8.59. The first-order valence-corrected chi connectivity index (χ1v) is 6.19. The fraction of sp³-hybridized carbons (Fsp3) is 0.300. The summed E-state index contributed by atoms with van der Waals surface area (Å²) in [5.74, 6) is 0. The van der Waals surface area contributed by atoms with Crippen LogP contribution in [0.3, 0.4) is 0 Å². The molecule has 0 aromatic carbocycles. The fourth-order valence-corrected chi connectivity index (χ4v) is 3.18. The summed E-state index contributed by atoms with van der Waals surface area (Å²) in [6.07, 6.45) is 1.95. The number of hydrogen-bond donors (Lipinski definition) is 1. The lowest BCUT2D eigenvalue weighted by Gasteiger charge is -1.92. The molecule has 1 N–H and O–H groups in total. The maximum atomic E-state index is 4.42. The van der Waals surface area contributed by atoms with Gasteiger partial charge in [-0.25, -0.2) is 4.98 Å². The fourth-order valence-electron chi connectivity index (χ4n) is 1.27. The molecule has 2 heterocycles. The Morgan fingerprint density at radius 2 is 2.29 bits per heavy atom. The van der Waals surface area contributed by atoms with Crippen molar-refractivity contribution in [1.82, 2.24) is 10.3 Å². The van der Waals surface area contributed by atoms with Gasteiger partial charge >= 0.3 is 0 Å². The lowest BCUT2D eigenvalue weighted by Crippen LogP contribution is -2.02. The normalized spacial score (nSPS) is 10.7. The Hall–Kier alpha value is -0.710. The Kier molecular flexibility index (Phi) is 2.96. The molecule has 0 radical (unpaired) electrons. The molecular formula is C10H12N2S2. The Bertz CT molecular complexity index is 417. The van der Waals surface area contributed by atoms with Crippen molar-refractivity contribution >= 4 is 22.7 Å². The number of aryl methyl sites for hydroxylation is 1. The van der Waals surface area contributed by atoms with E-state index in [0.717, 1.165) is 11.6 Å². The lowest BCUT2D eigenvalue weighted by molar-refractivity contribution is 0.829. The van der Waals surface area contributed by atoms with Crippen LogP contribution in [0.15, 0.2) is 17.0 Å². The van der Waals surface area contributed by atoms with Crippen molar-refractivity contribution in [2.75, 3.05) is 7.05 Å². The minimum absolute atomic E-state index is 0.904. The predicted molar refractivity (Wildman–Crippen MR) is 62.9 cm³/mol. The van der Waals surface area contributed by atoms with Crippen molar-refractivity contribution < 1.29 is 0 Å². The third kappa shape index (κ3) is 1.87. The zero-order valence-electron chi connectivity index (χ0n) is 8.20. The molecule has 4 heteroatoms. The number of nitrogens with one attached hydrogen (secondary N) is 1. The summed E-state index contributed by atoms with van der Waals surface area (Å²) in [5.41, 5.74) is 2.60. The van der Waals surface area contributed by atoms with E-state index in [2.05, 4.69) is 28.0 Å². The highest BCUT2D eigenvalue weighted by Gasteiger charge is 2.07. The molecule has 2 nitrogen and oxygen atoms in total. The van der Waals surface area contributed by atoms with Crippen LogP contribution in [0.4, 0.5) is 0 Å². The number of nitrogens with zero attached hydrogens (tertiary/aromatic N) is 1. The van der Waals surface area contributed by atoms with Gasteiger partial charge in [0.05, 0.1) is 0 Å². The van der Waals surface area contributed by atoms with Crippen molar-refractivity contribution in [3.05, 3.63) is 27.4 Å². The van der Waals surface area contributed by atoms with Crippen LogP contribution in [0.5, 0.6) is 0 Å². The minimum Gasteiger partial charge on any atom is -0.315 e. The van der Waals surface area contributed by atoms with Crippen molar-refractivity contribution in [3.8, 4) is 10.6 Å². The molecule has 0 spiro atoms. The molecule has 0 unspecified atom stereocenters. The number of aromatic nitrogens is 1. The third-order valence-corrected chi connectivity index (χ3v) is 3.88. The van der Waals surface area contributed by atoms with Crippen LogP contribution in [0.25, 0.3) is 10.6 Å². The van der Waals surface area contributed by atoms with Gasteiger partial charge in [0.25, 0.3) is 0 Å². The second kappa shape index (κ2) is 4.21. The van der Waals surface area contributed by atoms with E-state index >= 15 is 0 Å². The largest absolute Gasteiger partial charge is 0.315 e. The Morgan fingerprint density at radius 3 is 2.93 bits per heavy atom. The third-order valence-electron chi connectivity index (χ3n) is 1.99. The highest BCUT2D eigenvalue weighted by Crippen LogP contribution is 2.30. The van der Waals surface area contributed by atoms with E-state index in [-0.39, 0.29) is 0 Å². The van der Waals surface area contributed by atoms with Crippen LogP contribution in [0.2, 0.25) is 0 Å². The van der Waals surface area contributed by atoms with Gasteiger partial charge in [0.15, 0.2) is 0 Å². The molecule has 14 heavy (non-hydrogen) atoms. The summed E-state index contributed by atoms with van der Waals surface area (Å²) in [7, 11) is 1.95. The molecule has 2 aromatic rings. The van der Waals surface area contributed by atoms with Gasteiger partial charge in [-0.3, -0.25) is 0 Å². The van der Waals surface area contributed by atoms with Gasteiger partial charge in [0.1, 0.15) is 5.01 Å². The van der Waals surface area contributed by atoms with Crippen LogP contribution in [-0.2, 0) is 6.54 Å². The second-order valence-electron chi connectivity index (χ2n) is 3.13. The van der Waals surface area contributed by atoms with Crippen molar-refractivity contribution in [2.45, 2.75) is 13.5 Å². The molecule has 0 saturated heterocycles. The Balaban J connectivity index is 2.29. The van der Waals surface area contributed by atoms with E-state index in [1.165, 1.54) is 16.0 Å². The second-order valence-corrected chi connectivity index (χ2v) is 4.99. The van der Waals surface area contributed by atoms with Gasteiger partial charge in [-0.15, -0.1) is 11.3 Å². The van der Waals surface area contributed by atoms with Gasteiger partial charge in [-0.05, 0) is 24.9 Å². The zero-order chi connectivity index (χ0) is 9.97. The quantitative estimate of drug-likeness (QED) is 0.867. The highest BCUT2D eigenvalue weighted by atomic mass is 32.1. The van der Waals surface area contributed by atoms with Crippen LogP contribution in [0.1, 0.15) is 10.4 Å². The SMILES string of the molecule is CNCc1cnc(-c2cscc2C)s1. The summed E-state index contributed by atoms with van der Waals surface area (Å²) < 4.78 is 0. The van der Waals surface area contributed by atoms with Crippen LogP contribution >= 0.6 is 22.7 Å². The Morgan fingerprint density at radius 1 is 1.43 bits per heavy atom. The number of hydrogen-bond acceptors (Lipinski definition) is 4. The van der Waals surface area contributed by atoms with Gasteiger partial charge in [0, 0.05) is 28.6 Å². The molecule has 2 aromatic heterocycles. The number of thiophene rings is 1. The van der Waals surface area contributed by atoms with E-state index in [1.54, 1.807) is 22.7 Å². The predicted octanol–water partition coefficient (Wildman–Crippen LogP) is 2.90. The molecule has 0 atom stereocenters. The molecule has 0 aliphatic heterocycles. The smallest absolute Gasteiger partial charge is 0.124 e. The zero-order valence-corrected chi connectivity index (χ0v) is 9.84. The summed E-state index contributed by atoms with van der Waals surface area (Å²) >= 11 is 3.50. The van der Waals surface area contributed by atoms with Crippen molar-refractivity contribution in [2.24, 2.45) is 0 Å². The first-order valence-electron chi connectivity index (χ1n) is 4.43. The first-order chi connectivity index (χ1) is 6.81. The molecule has 74 valence electrons. The molecule has 0 amide bonds. The van der Waals surface area contributed by atoms with Crippen LogP contribution < -0.4 is 5.32 Å². The van der Waals surface area contributed by atoms with Gasteiger partial charge in [0.2, 0.25) is 0 Å². The maximum Gasteiger partial charge on any atom is 0.124 e. The highest BCUT2D eigenvalue weighted by molar-refractivity contribution is 7.15. The average molecular weight is 224 g/mol. The molecular weight excluding hydrogens is 212 g/mol.